The highest BCUT2D eigenvalue weighted by molar-refractivity contribution is 9.10. The molecule has 0 radical (unpaired) electrons. The molecule has 1 heterocycles. The van der Waals surface area contributed by atoms with Gasteiger partial charge >= 0.3 is 6.09 Å². The Bertz CT molecular complexity index is 497. The maximum atomic E-state index is 12.2. The van der Waals surface area contributed by atoms with Crippen LogP contribution in [-0.4, -0.2) is 23.1 Å². The van der Waals surface area contributed by atoms with Crippen LogP contribution < -0.4 is 0 Å². The van der Waals surface area contributed by atoms with Gasteiger partial charge in [-0.2, -0.15) is 0 Å². The van der Waals surface area contributed by atoms with Gasteiger partial charge < -0.3 is 4.74 Å². The summed E-state index contributed by atoms with van der Waals surface area (Å²) >= 11 is 7.16. The second-order valence-electron chi connectivity index (χ2n) is 5.57. The highest BCUT2D eigenvalue weighted by atomic mass is 79.9. The molecular formula is C14H17Br2NO2. The van der Waals surface area contributed by atoms with Crippen LogP contribution in [0.15, 0.2) is 22.7 Å². The third-order valence-electron chi connectivity index (χ3n) is 2.92. The number of ether oxygens (including phenoxy) is 1. The summed E-state index contributed by atoms with van der Waals surface area (Å²) in [5, 5.41) is 0. The van der Waals surface area contributed by atoms with Crippen molar-refractivity contribution in [2.24, 2.45) is 0 Å². The van der Waals surface area contributed by atoms with Gasteiger partial charge in [-0.15, -0.1) is 0 Å². The van der Waals surface area contributed by atoms with Crippen LogP contribution in [0.3, 0.4) is 0 Å². The van der Waals surface area contributed by atoms with Crippen molar-refractivity contribution in [3.05, 3.63) is 33.8 Å². The molecule has 1 amide bonds. The van der Waals surface area contributed by atoms with E-state index in [1.54, 1.807) is 4.90 Å². The lowest BCUT2D eigenvalue weighted by atomic mass is 10.0. The summed E-state index contributed by atoms with van der Waals surface area (Å²) in [6, 6.07) is 6.05. The number of carbonyl (C=O) groups excluding carboxylic acids is 1. The zero-order valence-electron chi connectivity index (χ0n) is 11.2. The van der Waals surface area contributed by atoms with Crippen LogP contribution in [0.1, 0.15) is 36.8 Å². The standard InChI is InChI=1S/C14H17Br2NO2/c1-14(2,3)19-13(18)17-8-7-9-10(12(17)16)5-4-6-11(9)15/h4-6,12H,7-8H2,1-3H3. The predicted octanol–water partition coefficient (Wildman–Crippen LogP) is 4.64. The third kappa shape index (κ3) is 3.31. The lowest BCUT2D eigenvalue weighted by Gasteiger charge is -2.35. The molecule has 5 heteroatoms. The van der Waals surface area contributed by atoms with Gasteiger partial charge in [0.05, 0.1) is 0 Å². The molecule has 0 fully saturated rings. The highest BCUT2D eigenvalue weighted by Gasteiger charge is 2.32. The number of carbonyl (C=O) groups is 1. The Kier molecular flexibility index (Phi) is 4.26. The molecule has 104 valence electrons. The molecule has 1 aromatic carbocycles. The van der Waals surface area contributed by atoms with Crippen LogP contribution in [0.4, 0.5) is 4.79 Å². The van der Waals surface area contributed by atoms with E-state index in [0.29, 0.717) is 6.54 Å². The molecule has 2 rings (SSSR count). The van der Waals surface area contributed by atoms with Crippen molar-refractivity contribution in [3.8, 4) is 0 Å². The van der Waals surface area contributed by atoms with Crippen LogP contribution in [0.5, 0.6) is 0 Å². The first-order valence-corrected chi connectivity index (χ1v) is 7.91. The van der Waals surface area contributed by atoms with Crippen LogP contribution in [-0.2, 0) is 11.2 Å². The molecule has 19 heavy (non-hydrogen) atoms. The molecule has 1 aliphatic heterocycles. The molecule has 3 nitrogen and oxygen atoms in total. The largest absolute Gasteiger partial charge is 0.444 e. The number of hydrogen-bond acceptors (Lipinski definition) is 2. The zero-order chi connectivity index (χ0) is 14.2. The molecule has 1 atom stereocenters. The predicted molar refractivity (Wildman–Crippen MR) is 82.5 cm³/mol. The Balaban J connectivity index is 2.22. The van der Waals surface area contributed by atoms with E-state index in [9.17, 15) is 4.79 Å². The number of benzene rings is 1. The van der Waals surface area contributed by atoms with Crippen molar-refractivity contribution in [2.45, 2.75) is 37.7 Å². The van der Waals surface area contributed by atoms with Crippen molar-refractivity contribution in [1.29, 1.82) is 0 Å². The summed E-state index contributed by atoms with van der Waals surface area (Å²) < 4.78 is 6.53. The summed E-state index contributed by atoms with van der Waals surface area (Å²) in [5.41, 5.74) is 1.90. The first kappa shape index (κ1) is 14.9. The van der Waals surface area contributed by atoms with Gasteiger partial charge in [0.15, 0.2) is 0 Å². The van der Waals surface area contributed by atoms with E-state index in [1.165, 1.54) is 5.56 Å². The summed E-state index contributed by atoms with van der Waals surface area (Å²) in [6.07, 6.45) is 0.554. The van der Waals surface area contributed by atoms with E-state index in [-0.39, 0.29) is 11.0 Å². The topological polar surface area (TPSA) is 29.5 Å². The number of hydrogen-bond donors (Lipinski definition) is 0. The number of alkyl halides is 1. The second kappa shape index (κ2) is 5.44. The smallest absolute Gasteiger partial charge is 0.411 e. The van der Waals surface area contributed by atoms with Gasteiger partial charge in [0.2, 0.25) is 0 Å². The minimum Gasteiger partial charge on any atom is -0.444 e. The van der Waals surface area contributed by atoms with Crippen molar-refractivity contribution < 1.29 is 9.53 Å². The quantitative estimate of drug-likeness (QED) is 0.477. The van der Waals surface area contributed by atoms with Gasteiger partial charge in [0.25, 0.3) is 0 Å². The monoisotopic (exact) mass is 389 g/mol. The molecule has 0 bridgehead atoms. The molecular weight excluding hydrogens is 374 g/mol. The van der Waals surface area contributed by atoms with Gasteiger partial charge in [-0.25, -0.2) is 4.79 Å². The normalized spacial score (nSPS) is 19.0. The molecule has 0 aromatic heterocycles. The fraction of sp³-hybridized carbons (Fsp3) is 0.500. The fourth-order valence-corrected chi connectivity index (χ4v) is 3.46. The highest BCUT2D eigenvalue weighted by Crippen LogP contribution is 2.38. The van der Waals surface area contributed by atoms with E-state index in [4.69, 9.17) is 4.74 Å². The lowest BCUT2D eigenvalue weighted by Crippen LogP contribution is -2.41. The molecule has 1 aromatic rings. The van der Waals surface area contributed by atoms with Gasteiger partial charge in [0, 0.05) is 11.0 Å². The van der Waals surface area contributed by atoms with Crippen molar-refractivity contribution in [2.75, 3.05) is 6.54 Å². The zero-order valence-corrected chi connectivity index (χ0v) is 14.4. The molecule has 0 saturated heterocycles. The molecule has 0 saturated carbocycles. The maximum Gasteiger partial charge on any atom is 0.411 e. The Labute approximate surface area is 130 Å². The average molecular weight is 391 g/mol. The van der Waals surface area contributed by atoms with Crippen LogP contribution in [0, 0.1) is 0 Å². The van der Waals surface area contributed by atoms with Crippen molar-refractivity contribution in [1.82, 2.24) is 4.90 Å². The van der Waals surface area contributed by atoms with Crippen LogP contribution >= 0.6 is 31.9 Å². The Morgan fingerprint density at radius 1 is 1.42 bits per heavy atom. The van der Waals surface area contributed by atoms with Crippen molar-refractivity contribution in [3.63, 3.8) is 0 Å². The number of amides is 1. The Morgan fingerprint density at radius 3 is 2.74 bits per heavy atom. The first-order chi connectivity index (χ1) is 8.79. The van der Waals surface area contributed by atoms with Gasteiger partial charge in [0.1, 0.15) is 10.6 Å². The second-order valence-corrected chi connectivity index (χ2v) is 7.29. The number of fused-ring (bicyclic) bond motifs is 1. The minimum atomic E-state index is -0.471. The average Bonchev–Trinajstić information content (AvgIpc) is 2.28. The van der Waals surface area contributed by atoms with Gasteiger partial charge in [-0.05, 0) is 44.4 Å². The number of nitrogens with zero attached hydrogens (tertiary/aromatic N) is 1. The lowest BCUT2D eigenvalue weighted by molar-refractivity contribution is 0.0221. The first-order valence-electron chi connectivity index (χ1n) is 6.20. The summed E-state index contributed by atoms with van der Waals surface area (Å²) in [4.78, 5) is 13.8. The maximum absolute atomic E-state index is 12.2. The Morgan fingerprint density at radius 2 is 2.11 bits per heavy atom. The molecule has 0 N–H and O–H groups in total. The minimum absolute atomic E-state index is 0.136. The third-order valence-corrected chi connectivity index (χ3v) is 4.65. The van der Waals surface area contributed by atoms with E-state index < -0.39 is 5.60 Å². The van der Waals surface area contributed by atoms with E-state index in [1.807, 2.05) is 39.0 Å². The van der Waals surface area contributed by atoms with Crippen LogP contribution in [0.2, 0.25) is 0 Å². The molecule has 0 aliphatic carbocycles. The number of halogens is 2. The summed E-state index contributed by atoms with van der Waals surface area (Å²) in [7, 11) is 0. The summed E-state index contributed by atoms with van der Waals surface area (Å²) in [5.74, 6) is 0. The van der Waals surface area contributed by atoms with E-state index in [2.05, 4.69) is 31.9 Å². The SMILES string of the molecule is CC(C)(C)OC(=O)N1CCc2c(Br)cccc2C1Br. The van der Waals surface area contributed by atoms with Gasteiger partial charge in [-0.1, -0.05) is 44.0 Å². The van der Waals surface area contributed by atoms with Crippen molar-refractivity contribution >= 4 is 38.0 Å². The van der Waals surface area contributed by atoms with E-state index >= 15 is 0 Å². The fourth-order valence-electron chi connectivity index (χ4n) is 2.08. The van der Waals surface area contributed by atoms with Crippen LogP contribution in [0.25, 0.3) is 0 Å². The summed E-state index contributed by atoms with van der Waals surface area (Å²) in [6.45, 7) is 6.29. The molecule has 1 aliphatic rings. The Hall–Kier alpha value is -0.550. The molecule has 0 spiro atoms. The molecule has 1 unspecified atom stereocenters. The van der Waals surface area contributed by atoms with E-state index in [0.717, 1.165) is 16.5 Å². The van der Waals surface area contributed by atoms with Gasteiger partial charge in [-0.3, -0.25) is 4.90 Å². The number of rotatable bonds is 0.